The van der Waals surface area contributed by atoms with Crippen molar-refractivity contribution >= 4 is 28.5 Å². The molecule has 0 saturated carbocycles. The second-order valence-corrected chi connectivity index (χ2v) is 8.15. The normalized spacial score (nSPS) is 16.2. The fraction of sp³-hybridized carbons (Fsp3) is 0.391. The van der Waals surface area contributed by atoms with Gasteiger partial charge < -0.3 is 20.1 Å². The molecule has 0 spiro atoms. The lowest BCUT2D eigenvalue weighted by Gasteiger charge is -2.34. The van der Waals surface area contributed by atoms with Crippen LogP contribution in [0.4, 0.5) is 10.2 Å². The lowest BCUT2D eigenvalue weighted by Crippen LogP contribution is -2.39. The van der Waals surface area contributed by atoms with Gasteiger partial charge in [0.05, 0.1) is 18.3 Å². The Morgan fingerprint density at radius 3 is 2.81 bits per heavy atom. The van der Waals surface area contributed by atoms with Gasteiger partial charge in [-0.3, -0.25) is 9.59 Å². The van der Waals surface area contributed by atoms with Crippen LogP contribution in [0.1, 0.15) is 54.2 Å². The van der Waals surface area contributed by atoms with Crippen LogP contribution in [0.5, 0.6) is 0 Å². The van der Waals surface area contributed by atoms with Gasteiger partial charge in [-0.15, -0.1) is 0 Å². The predicted octanol–water partition coefficient (Wildman–Crippen LogP) is 3.48. The summed E-state index contributed by atoms with van der Waals surface area (Å²) in [5.74, 6) is 0.627. The molecule has 168 valence electrons. The molecular formula is C23H27FN6O2. The second kappa shape index (κ2) is 8.94. The molecule has 3 heterocycles. The number of carbonyl (C=O) groups is 2. The number of aromatic amines is 1. The number of anilines is 1. The summed E-state index contributed by atoms with van der Waals surface area (Å²) in [6, 6.07) is 7.70. The van der Waals surface area contributed by atoms with Crippen LogP contribution in [-0.2, 0) is 11.3 Å². The van der Waals surface area contributed by atoms with Crippen molar-refractivity contribution in [3.05, 3.63) is 53.4 Å². The summed E-state index contributed by atoms with van der Waals surface area (Å²) in [5.41, 5.74) is 1.71. The molecule has 0 aliphatic carbocycles. The molecule has 1 aromatic carbocycles. The van der Waals surface area contributed by atoms with E-state index >= 15 is 0 Å². The molecule has 9 heteroatoms. The highest BCUT2D eigenvalue weighted by molar-refractivity contribution is 5.98. The molecule has 2 aromatic heterocycles. The van der Waals surface area contributed by atoms with Gasteiger partial charge in [-0.2, -0.15) is 0 Å². The molecule has 0 unspecified atom stereocenters. The van der Waals surface area contributed by atoms with Gasteiger partial charge in [0.15, 0.2) is 5.82 Å². The smallest absolute Gasteiger partial charge is 0.270 e. The van der Waals surface area contributed by atoms with Gasteiger partial charge in [0, 0.05) is 44.5 Å². The monoisotopic (exact) mass is 438 g/mol. The summed E-state index contributed by atoms with van der Waals surface area (Å²) in [4.78, 5) is 40.9. The molecule has 1 aliphatic heterocycles. The lowest BCUT2D eigenvalue weighted by atomic mass is 10.0. The SMILES string of the molecule is CNc1cc(CN(C)C(C)=O)nc([C@H]2CCCCN2C(=O)c2cc3ccc(F)cc3[nH]2)n1. The maximum Gasteiger partial charge on any atom is 0.270 e. The first-order valence-electron chi connectivity index (χ1n) is 10.7. The first kappa shape index (κ1) is 21.7. The van der Waals surface area contributed by atoms with Crippen molar-refractivity contribution in [2.45, 2.75) is 38.8 Å². The molecule has 1 aliphatic rings. The highest BCUT2D eigenvalue weighted by Crippen LogP contribution is 2.31. The number of nitrogens with one attached hydrogen (secondary N) is 2. The first-order valence-corrected chi connectivity index (χ1v) is 10.7. The van der Waals surface area contributed by atoms with Crippen LogP contribution in [0.25, 0.3) is 10.9 Å². The molecule has 2 N–H and O–H groups in total. The van der Waals surface area contributed by atoms with Crippen LogP contribution in [0.2, 0.25) is 0 Å². The summed E-state index contributed by atoms with van der Waals surface area (Å²) < 4.78 is 13.6. The number of rotatable bonds is 5. The van der Waals surface area contributed by atoms with E-state index in [1.807, 2.05) is 6.07 Å². The van der Waals surface area contributed by atoms with Crippen LogP contribution in [0.3, 0.4) is 0 Å². The summed E-state index contributed by atoms with van der Waals surface area (Å²) in [6.07, 6.45) is 2.60. The number of aromatic nitrogens is 3. The number of fused-ring (bicyclic) bond motifs is 1. The van der Waals surface area contributed by atoms with Crippen LogP contribution in [0.15, 0.2) is 30.3 Å². The maximum absolute atomic E-state index is 13.6. The van der Waals surface area contributed by atoms with Crippen LogP contribution in [-0.4, -0.2) is 57.2 Å². The maximum atomic E-state index is 13.6. The Labute approximate surface area is 185 Å². The number of carbonyl (C=O) groups excluding carboxylic acids is 2. The third-order valence-corrected chi connectivity index (χ3v) is 5.87. The molecule has 1 fully saturated rings. The Hall–Kier alpha value is -3.49. The summed E-state index contributed by atoms with van der Waals surface area (Å²) in [6.45, 7) is 2.45. The average Bonchev–Trinajstić information content (AvgIpc) is 3.21. The van der Waals surface area contributed by atoms with Crippen molar-refractivity contribution in [3.8, 4) is 0 Å². The van der Waals surface area contributed by atoms with E-state index in [0.717, 1.165) is 24.6 Å². The Morgan fingerprint density at radius 2 is 2.06 bits per heavy atom. The number of H-pyrrole nitrogens is 1. The second-order valence-electron chi connectivity index (χ2n) is 8.15. The van der Waals surface area contributed by atoms with Gasteiger partial charge >= 0.3 is 0 Å². The summed E-state index contributed by atoms with van der Waals surface area (Å²) in [5, 5.41) is 3.83. The van der Waals surface area contributed by atoms with E-state index < -0.39 is 0 Å². The minimum atomic E-state index is -0.352. The van der Waals surface area contributed by atoms with E-state index in [2.05, 4.69) is 15.3 Å². The van der Waals surface area contributed by atoms with E-state index in [1.165, 1.54) is 19.1 Å². The zero-order valence-corrected chi connectivity index (χ0v) is 18.5. The molecule has 8 nitrogen and oxygen atoms in total. The minimum absolute atomic E-state index is 0.0547. The van der Waals surface area contributed by atoms with E-state index in [1.54, 1.807) is 36.0 Å². The standard InChI is InChI=1S/C23H27FN6O2/c1-14(31)29(3)13-17-12-21(25-2)28-22(26-17)20-6-4-5-9-30(20)23(32)19-10-15-7-8-16(24)11-18(15)27-19/h7-8,10-12,20,27H,4-6,9,13H2,1-3H3,(H,25,26,28)/t20-/m1/s1. The van der Waals surface area contributed by atoms with Gasteiger partial charge in [-0.05, 0) is 43.5 Å². The van der Waals surface area contributed by atoms with Gasteiger partial charge in [-0.25, -0.2) is 14.4 Å². The molecule has 32 heavy (non-hydrogen) atoms. The van der Waals surface area contributed by atoms with E-state index in [4.69, 9.17) is 4.98 Å². The largest absolute Gasteiger partial charge is 0.373 e. The zero-order valence-electron chi connectivity index (χ0n) is 18.5. The minimum Gasteiger partial charge on any atom is -0.373 e. The predicted molar refractivity (Wildman–Crippen MR) is 120 cm³/mol. The third-order valence-electron chi connectivity index (χ3n) is 5.87. The highest BCUT2D eigenvalue weighted by atomic mass is 19.1. The van der Waals surface area contributed by atoms with Crippen molar-refractivity contribution in [3.63, 3.8) is 0 Å². The molecule has 2 amide bonds. The first-order chi connectivity index (χ1) is 15.4. The molecule has 1 saturated heterocycles. The lowest BCUT2D eigenvalue weighted by molar-refractivity contribution is -0.128. The number of amides is 2. The number of likely N-dealkylation sites (tertiary alicyclic amines) is 1. The fourth-order valence-corrected chi connectivity index (χ4v) is 4.04. The highest BCUT2D eigenvalue weighted by Gasteiger charge is 2.32. The van der Waals surface area contributed by atoms with Crippen LogP contribution < -0.4 is 5.32 Å². The van der Waals surface area contributed by atoms with Crippen molar-refractivity contribution in [1.82, 2.24) is 24.8 Å². The fourth-order valence-electron chi connectivity index (χ4n) is 4.04. The summed E-state index contributed by atoms with van der Waals surface area (Å²) >= 11 is 0. The Balaban J connectivity index is 1.66. The molecule has 4 rings (SSSR count). The number of hydrogen-bond acceptors (Lipinski definition) is 5. The zero-order chi connectivity index (χ0) is 22.8. The Bertz CT molecular complexity index is 1160. The van der Waals surface area contributed by atoms with Gasteiger partial charge in [-0.1, -0.05) is 0 Å². The summed E-state index contributed by atoms with van der Waals surface area (Å²) in [7, 11) is 3.50. The van der Waals surface area contributed by atoms with Crippen molar-refractivity contribution in [2.75, 3.05) is 26.0 Å². The number of benzene rings is 1. The van der Waals surface area contributed by atoms with Gasteiger partial charge in [0.2, 0.25) is 5.91 Å². The van der Waals surface area contributed by atoms with Crippen molar-refractivity contribution in [2.24, 2.45) is 0 Å². The van der Waals surface area contributed by atoms with E-state index in [9.17, 15) is 14.0 Å². The topological polar surface area (TPSA) is 94.2 Å². The van der Waals surface area contributed by atoms with E-state index in [-0.39, 0.29) is 23.7 Å². The molecule has 0 bridgehead atoms. The number of hydrogen-bond donors (Lipinski definition) is 2. The third kappa shape index (κ3) is 4.42. The molecular weight excluding hydrogens is 411 g/mol. The number of piperidine rings is 1. The van der Waals surface area contributed by atoms with Crippen LogP contribution in [0, 0.1) is 5.82 Å². The van der Waals surface area contributed by atoms with E-state index in [0.29, 0.717) is 41.6 Å². The number of nitrogens with zero attached hydrogens (tertiary/aromatic N) is 4. The van der Waals surface area contributed by atoms with Gasteiger partial charge in [0.25, 0.3) is 5.91 Å². The van der Waals surface area contributed by atoms with Crippen LogP contribution >= 0.6 is 0 Å². The Morgan fingerprint density at radius 1 is 1.25 bits per heavy atom. The van der Waals surface area contributed by atoms with Gasteiger partial charge in [0.1, 0.15) is 17.3 Å². The average molecular weight is 439 g/mol. The molecule has 0 radical (unpaired) electrons. The van der Waals surface area contributed by atoms with Crippen molar-refractivity contribution < 1.29 is 14.0 Å². The van der Waals surface area contributed by atoms with Crippen molar-refractivity contribution in [1.29, 1.82) is 0 Å². The molecule has 1 atom stereocenters. The quantitative estimate of drug-likeness (QED) is 0.636. The molecule has 3 aromatic rings. The Kier molecular flexibility index (Phi) is 6.07. The number of halogens is 1.